The van der Waals surface area contributed by atoms with Crippen LogP contribution in [-0.2, 0) is 12.7 Å². The Bertz CT molecular complexity index is 1240. The largest absolute Gasteiger partial charge is 0.490 e. The number of carbonyl (C=O) groups is 1. The number of rotatable bonds is 9. The minimum atomic E-state index is -4.67. The molecule has 0 unspecified atom stereocenters. The monoisotopic (exact) mass is 592 g/mol. The van der Waals surface area contributed by atoms with E-state index in [0.717, 1.165) is 37.8 Å². The summed E-state index contributed by atoms with van der Waals surface area (Å²) in [6.07, 6.45) is -0.893. The van der Waals surface area contributed by atoms with E-state index >= 15 is 4.39 Å². The first kappa shape index (κ1) is 28.4. The van der Waals surface area contributed by atoms with Crippen molar-refractivity contribution in [3.05, 3.63) is 63.2 Å². The molecule has 4 nitrogen and oxygen atoms in total. The van der Waals surface area contributed by atoms with E-state index in [2.05, 4.69) is 4.72 Å². The van der Waals surface area contributed by atoms with E-state index in [0.29, 0.717) is 16.9 Å². The fourth-order valence-electron chi connectivity index (χ4n) is 4.59. The third kappa shape index (κ3) is 6.97. The second-order valence-electron chi connectivity index (χ2n) is 10.5. The summed E-state index contributed by atoms with van der Waals surface area (Å²) in [5.74, 6) is -1.85. The average molecular weight is 593 g/mol. The quantitative estimate of drug-likeness (QED) is 0.243. The Kier molecular flexibility index (Phi) is 8.05. The molecule has 1 amide bonds. The molecule has 1 heterocycles. The summed E-state index contributed by atoms with van der Waals surface area (Å²) in [4.78, 5) is 14.1. The van der Waals surface area contributed by atoms with Crippen LogP contribution >= 0.6 is 23.5 Å². The van der Waals surface area contributed by atoms with Crippen LogP contribution in [0.5, 0.6) is 5.75 Å². The molecule has 3 aliphatic rings. The first-order valence-electron chi connectivity index (χ1n) is 12.8. The standard InChI is InChI=1S/C27H27ClF6N2O2S/c28-21-10-17(27(32,33)34)9-16(24(21)30)13-36-7-5-26(31,6-8-36)14-38-23-12-22(29)20(11-19(23)15-1-2-15)25(37)35-39-18-3-4-18/h9-12,15,18H,1-8,13-14H2,(H,35,37). The number of piperidine rings is 1. The smallest absolute Gasteiger partial charge is 0.416 e. The Morgan fingerprint density at radius 2 is 1.79 bits per heavy atom. The van der Waals surface area contributed by atoms with E-state index in [9.17, 15) is 26.7 Å². The molecule has 1 saturated heterocycles. The number of benzene rings is 2. The lowest BCUT2D eigenvalue weighted by Gasteiger charge is -2.36. The van der Waals surface area contributed by atoms with Crippen LogP contribution in [0.1, 0.15) is 71.5 Å². The number of nitrogens with zero attached hydrogens (tertiary/aromatic N) is 1. The van der Waals surface area contributed by atoms with Gasteiger partial charge in [0.05, 0.1) is 16.1 Å². The molecule has 2 aromatic rings. The molecule has 0 radical (unpaired) electrons. The summed E-state index contributed by atoms with van der Waals surface area (Å²) in [5, 5.41) is -0.245. The zero-order valence-corrected chi connectivity index (χ0v) is 22.4. The molecule has 0 bridgehead atoms. The van der Waals surface area contributed by atoms with Gasteiger partial charge in [-0.2, -0.15) is 13.2 Å². The van der Waals surface area contributed by atoms with Gasteiger partial charge in [-0.05, 0) is 80.2 Å². The Labute approximate surface area is 231 Å². The van der Waals surface area contributed by atoms with Gasteiger partial charge in [0.1, 0.15) is 29.7 Å². The van der Waals surface area contributed by atoms with E-state index in [1.807, 2.05) is 0 Å². The number of hydrogen-bond acceptors (Lipinski definition) is 4. The van der Waals surface area contributed by atoms with Crippen LogP contribution in [0.25, 0.3) is 0 Å². The van der Waals surface area contributed by atoms with Crippen molar-refractivity contribution in [1.82, 2.24) is 9.62 Å². The third-order valence-electron chi connectivity index (χ3n) is 7.27. The predicted octanol–water partition coefficient (Wildman–Crippen LogP) is 7.44. The Balaban J connectivity index is 1.20. The molecule has 0 atom stereocenters. The van der Waals surface area contributed by atoms with E-state index < -0.39 is 40.0 Å². The maximum Gasteiger partial charge on any atom is 0.416 e. The van der Waals surface area contributed by atoms with Crippen LogP contribution in [0, 0.1) is 11.6 Å². The van der Waals surface area contributed by atoms with Gasteiger partial charge in [0.25, 0.3) is 5.91 Å². The van der Waals surface area contributed by atoms with Crippen molar-refractivity contribution in [3.63, 3.8) is 0 Å². The highest BCUT2D eigenvalue weighted by atomic mass is 35.5. The van der Waals surface area contributed by atoms with Crippen molar-refractivity contribution in [2.75, 3.05) is 19.7 Å². The summed E-state index contributed by atoms with van der Waals surface area (Å²) in [5.41, 5.74) is -2.40. The highest BCUT2D eigenvalue weighted by Crippen LogP contribution is 2.46. The summed E-state index contributed by atoms with van der Waals surface area (Å²) < 4.78 is 92.7. The number of alkyl halides is 4. The van der Waals surface area contributed by atoms with Gasteiger partial charge < -0.3 is 4.74 Å². The van der Waals surface area contributed by atoms with Crippen molar-refractivity contribution in [2.45, 2.75) is 68.1 Å². The Morgan fingerprint density at radius 1 is 1.10 bits per heavy atom. The lowest BCUT2D eigenvalue weighted by Crippen LogP contribution is -2.44. The minimum absolute atomic E-state index is 0.00142. The van der Waals surface area contributed by atoms with E-state index in [1.165, 1.54) is 18.0 Å². The van der Waals surface area contributed by atoms with Crippen molar-refractivity contribution in [2.24, 2.45) is 0 Å². The lowest BCUT2D eigenvalue weighted by molar-refractivity contribution is -0.137. The molecule has 1 aliphatic heterocycles. The molecular formula is C27H27ClF6N2O2S. The highest BCUT2D eigenvalue weighted by Gasteiger charge is 2.38. The van der Waals surface area contributed by atoms with Crippen molar-refractivity contribution >= 4 is 29.5 Å². The van der Waals surface area contributed by atoms with Crippen LogP contribution in [0.3, 0.4) is 0 Å². The number of halogens is 7. The van der Waals surface area contributed by atoms with Crippen LogP contribution in [0.15, 0.2) is 24.3 Å². The molecule has 2 aliphatic carbocycles. The summed E-state index contributed by atoms with van der Waals surface area (Å²) in [6, 6.07) is 3.91. The van der Waals surface area contributed by atoms with E-state index in [-0.39, 0.29) is 61.9 Å². The summed E-state index contributed by atoms with van der Waals surface area (Å²) >= 11 is 6.97. The first-order valence-corrected chi connectivity index (χ1v) is 14.1. The molecule has 0 aromatic heterocycles. The predicted molar refractivity (Wildman–Crippen MR) is 137 cm³/mol. The van der Waals surface area contributed by atoms with Crippen LogP contribution < -0.4 is 9.46 Å². The van der Waals surface area contributed by atoms with Gasteiger partial charge in [-0.3, -0.25) is 14.4 Å². The minimum Gasteiger partial charge on any atom is -0.490 e. The summed E-state index contributed by atoms with van der Waals surface area (Å²) in [7, 11) is 0. The zero-order chi connectivity index (χ0) is 27.9. The van der Waals surface area contributed by atoms with Gasteiger partial charge in [-0.25, -0.2) is 13.2 Å². The Morgan fingerprint density at radius 3 is 2.41 bits per heavy atom. The molecule has 212 valence electrons. The number of amides is 1. The zero-order valence-electron chi connectivity index (χ0n) is 20.9. The number of carbonyl (C=O) groups excluding carboxylic acids is 1. The first-order chi connectivity index (χ1) is 18.4. The van der Waals surface area contributed by atoms with Crippen molar-refractivity contribution in [3.8, 4) is 5.75 Å². The van der Waals surface area contributed by atoms with Crippen molar-refractivity contribution in [1.29, 1.82) is 0 Å². The molecule has 2 saturated carbocycles. The molecule has 3 fully saturated rings. The molecule has 39 heavy (non-hydrogen) atoms. The number of hydrogen-bond donors (Lipinski definition) is 1. The van der Waals surface area contributed by atoms with E-state index in [1.54, 1.807) is 4.90 Å². The molecule has 12 heteroatoms. The lowest BCUT2D eigenvalue weighted by atomic mass is 9.93. The van der Waals surface area contributed by atoms with Gasteiger partial charge in [-0.15, -0.1) is 0 Å². The average Bonchev–Trinajstić information content (AvgIpc) is 3.79. The van der Waals surface area contributed by atoms with Gasteiger partial charge in [0, 0.05) is 36.5 Å². The molecule has 0 spiro atoms. The molecule has 5 rings (SSSR count). The number of nitrogens with one attached hydrogen (secondary N) is 1. The third-order valence-corrected chi connectivity index (χ3v) is 8.65. The van der Waals surface area contributed by atoms with Gasteiger partial charge >= 0.3 is 6.18 Å². The SMILES string of the molecule is O=C(NSC1CC1)c1cc(C2CC2)c(OCC2(F)CCN(Cc3cc(C(F)(F)F)cc(Cl)c3F)CC2)cc1F. The second-order valence-corrected chi connectivity index (χ2v) is 12.1. The topological polar surface area (TPSA) is 41.6 Å². The normalized spacial score (nSPS) is 19.7. The van der Waals surface area contributed by atoms with Crippen LogP contribution in [0.2, 0.25) is 5.02 Å². The van der Waals surface area contributed by atoms with Gasteiger partial charge in [-0.1, -0.05) is 11.6 Å². The number of ether oxygens (including phenoxy) is 1. The fraction of sp³-hybridized carbons (Fsp3) is 0.519. The number of likely N-dealkylation sites (tertiary alicyclic amines) is 1. The Hall–Kier alpha value is -2.11. The summed E-state index contributed by atoms with van der Waals surface area (Å²) in [6.45, 7) is -0.164. The molecule has 2 aromatic carbocycles. The molecular weight excluding hydrogens is 566 g/mol. The maximum atomic E-state index is 15.6. The molecule has 1 N–H and O–H groups in total. The van der Waals surface area contributed by atoms with Crippen LogP contribution in [-0.4, -0.2) is 41.4 Å². The van der Waals surface area contributed by atoms with Gasteiger partial charge in [0.2, 0.25) is 0 Å². The van der Waals surface area contributed by atoms with Crippen LogP contribution in [0.4, 0.5) is 26.3 Å². The van der Waals surface area contributed by atoms with E-state index in [4.69, 9.17) is 16.3 Å². The maximum absolute atomic E-state index is 15.6. The fourth-order valence-corrected chi connectivity index (χ4v) is 5.59. The second kappa shape index (κ2) is 11.0. The van der Waals surface area contributed by atoms with Crippen molar-refractivity contribution < 1.29 is 35.9 Å². The van der Waals surface area contributed by atoms with Gasteiger partial charge in [0.15, 0.2) is 0 Å². The highest BCUT2D eigenvalue weighted by molar-refractivity contribution is 7.98.